The molecule has 3 rings (SSSR count). The molecule has 0 aliphatic heterocycles. The van der Waals surface area contributed by atoms with E-state index in [1.165, 1.54) is 5.39 Å². The van der Waals surface area contributed by atoms with Crippen molar-refractivity contribution in [3.63, 3.8) is 0 Å². The van der Waals surface area contributed by atoms with Crippen molar-refractivity contribution in [1.82, 2.24) is 9.97 Å². The molecule has 1 N–H and O–H groups in total. The molecule has 0 amide bonds. The first kappa shape index (κ1) is 9.90. The van der Waals surface area contributed by atoms with Gasteiger partial charge in [0.05, 0.1) is 12.6 Å². The van der Waals surface area contributed by atoms with E-state index in [4.69, 9.17) is 4.74 Å². The minimum atomic E-state index is 0.632. The molecule has 0 radical (unpaired) electrons. The largest absolute Gasteiger partial charge is 0.481 e. The van der Waals surface area contributed by atoms with E-state index in [0.29, 0.717) is 5.88 Å². The number of pyridine rings is 1. The molecule has 17 heavy (non-hydrogen) atoms. The van der Waals surface area contributed by atoms with Gasteiger partial charge in [0.2, 0.25) is 5.88 Å². The minimum absolute atomic E-state index is 0.632. The van der Waals surface area contributed by atoms with Crippen LogP contribution in [0.5, 0.6) is 5.88 Å². The zero-order valence-corrected chi connectivity index (χ0v) is 9.47. The number of methoxy groups -OCH3 is 1. The highest BCUT2D eigenvalue weighted by Crippen LogP contribution is 2.27. The summed E-state index contributed by atoms with van der Waals surface area (Å²) in [4.78, 5) is 7.48. The topological polar surface area (TPSA) is 37.9 Å². The number of benzene rings is 1. The number of para-hydroxylation sites is 1. The van der Waals surface area contributed by atoms with Crippen LogP contribution in [-0.4, -0.2) is 17.1 Å². The molecule has 2 heterocycles. The van der Waals surface area contributed by atoms with Gasteiger partial charge in [0.15, 0.2) is 0 Å². The number of H-pyrrole nitrogens is 1. The van der Waals surface area contributed by atoms with Gasteiger partial charge in [-0.3, -0.25) is 0 Å². The maximum absolute atomic E-state index is 5.06. The molecule has 3 nitrogen and oxygen atoms in total. The molecule has 3 heteroatoms. The summed E-state index contributed by atoms with van der Waals surface area (Å²) < 4.78 is 5.06. The van der Waals surface area contributed by atoms with Gasteiger partial charge in [-0.15, -0.1) is 0 Å². The average Bonchev–Trinajstić information content (AvgIpc) is 2.87. The highest BCUT2D eigenvalue weighted by Gasteiger charge is 2.04. The maximum Gasteiger partial charge on any atom is 0.212 e. The van der Waals surface area contributed by atoms with Crippen molar-refractivity contribution in [2.75, 3.05) is 7.11 Å². The lowest BCUT2D eigenvalue weighted by Gasteiger charge is -2.04. The molecule has 84 valence electrons. The maximum atomic E-state index is 5.06. The van der Waals surface area contributed by atoms with Gasteiger partial charge in [0.1, 0.15) is 0 Å². The van der Waals surface area contributed by atoms with Gasteiger partial charge in [-0.1, -0.05) is 18.2 Å². The number of hydrogen-bond acceptors (Lipinski definition) is 2. The lowest BCUT2D eigenvalue weighted by molar-refractivity contribution is 0.398. The first-order chi connectivity index (χ1) is 8.38. The predicted molar refractivity (Wildman–Crippen MR) is 68.1 cm³/mol. The number of aromatic nitrogens is 2. The summed E-state index contributed by atoms with van der Waals surface area (Å²) in [7, 11) is 1.62. The van der Waals surface area contributed by atoms with E-state index < -0.39 is 0 Å². The van der Waals surface area contributed by atoms with Crippen LogP contribution in [0.15, 0.2) is 48.8 Å². The van der Waals surface area contributed by atoms with Crippen LogP contribution in [0, 0.1) is 0 Å². The van der Waals surface area contributed by atoms with Crippen LogP contribution in [0.25, 0.3) is 22.0 Å². The summed E-state index contributed by atoms with van der Waals surface area (Å²) in [6.07, 6.45) is 3.78. The van der Waals surface area contributed by atoms with E-state index in [0.717, 1.165) is 16.6 Å². The highest BCUT2D eigenvalue weighted by atomic mass is 16.5. The molecule has 0 atom stereocenters. The van der Waals surface area contributed by atoms with Gasteiger partial charge < -0.3 is 9.72 Å². The fourth-order valence-corrected chi connectivity index (χ4v) is 1.99. The summed E-state index contributed by atoms with van der Waals surface area (Å²) in [5, 5.41) is 1.21. The van der Waals surface area contributed by atoms with Crippen molar-refractivity contribution in [3.05, 3.63) is 48.8 Å². The Morgan fingerprint density at radius 3 is 2.82 bits per heavy atom. The number of rotatable bonds is 2. The lowest BCUT2D eigenvalue weighted by Crippen LogP contribution is -1.87. The predicted octanol–water partition coefficient (Wildman–Crippen LogP) is 3.24. The Kier molecular flexibility index (Phi) is 2.29. The molecule has 3 aromatic rings. The molecule has 0 saturated carbocycles. The summed E-state index contributed by atoms with van der Waals surface area (Å²) in [6, 6.07) is 12.2. The molecule has 0 saturated heterocycles. The van der Waals surface area contributed by atoms with Crippen LogP contribution >= 0.6 is 0 Å². The third-order valence-electron chi connectivity index (χ3n) is 2.84. The van der Waals surface area contributed by atoms with E-state index in [2.05, 4.69) is 34.2 Å². The molecule has 0 aliphatic carbocycles. The molecule has 2 aromatic heterocycles. The zero-order chi connectivity index (χ0) is 11.7. The fourth-order valence-electron chi connectivity index (χ4n) is 1.99. The molecule has 0 aliphatic rings. The van der Waals surface area contributed by atoms with Crippen LogP contribution in [0.2, 0.25) is 0 Å². The van der Waals surface area contributed by atoms with Crippen LogP contribution in [0.1, 0.15) is 0 Å². The van der Waals surface area contributed by atoms with Crippen LogP contribution in [-0.2, 0) is 0 Å². The monoisotopic (exact) mass is 224 g/mol. The molecule has 1 aromatic carbocycles. The van der Waals surface area contributed by atoms with Gasteiger partial charge in [-0.25, -0.2) is 4.98 Å². The second kappa shape index (κ2) is 3.94. The lowest BCUT2D eigenvalue weighted by atomic mass is 10.1. The minimum Gasteiger partial charge on any atom is -0.481 e. The van der Waals surface area contributed by atoms with E-state index >= 15 is 0 Å². The Bertz CT molecular complexity index is 641. The van der Waals surface area contributed by atoms with Gasteiger partial charge >= 0.3 is 0 Å². The Morgan fingerprint density at radius 1 is 1.12 bits per heavy atom. The first-order valence-electron chi connectivity index (χ1n) is 5.45. The average molecular weight is 224 g/mol. The third kappa shape index (κ3) is 1.65. The van der Waals surface area contributed by atoms with Gasteiger partial charge in [-0.05, 0) is 17.5 Å². The number of hydrogen-bond donors (Lipinski definition) is 1. The Morgan fingerprint density at radius 2 is 2.06 bits per heavy atom. The van der Waals surface area contributed by atoms with E-state index in [-0.39, 0.29) is 0 Å². The van der Waals surface area contributed by atoms with Gasteiger partial charge in [0.25, 0.3) is 0 Å². The van der Waals surface area contributed by atoms with Crippen molar-refractivity contribution in [1.29, 1.82) is 0 Å². The van der Waals surface area contributed by atoms with Crippen molar-refractivity contribution in [2.24, 2.45) is 0 Å². The molecule has 0 bridgehead atoms. The molecule has 0 fully saturated rings. The van der Waals surface area contributed by atoms with Crippen molar-refractivity contribution < 1.29 is 4.74 Å². The Balaban J connectivity index is 2.16. The van der Waals surface area contributed by atoms with Crippen LogP contribution < -0.4 is 4.74 Å². The van der Waals surface area contributed by atoms with Crippen molar-refractivity contribution in [3.8, 4) is 17.0 Å². The second-order valence-electron chi connectivity index (χ2n) is 3.84. The summed E-state index contributed by atoms with van der Waals surface area (Å²) in [5.74, 6) is 0.632. The van der Waals surface area contributed by atoms with Crippen LogP contribution in [0.3, 0.4) is 0 Å². The van der Waals surface area contributed by atoms with Gasteiger partial charge in [-0.2, -0.15) is 0 Å². The summed E-state index contributed by atoms with van der Waals surface area (Å²) in [5.41, 5.74) is 3.38. The first-order valence-corrected chi connectivity index (χ1v) is 5.45. The standard InChI is InChI=1S/C14H12N2O/c1-17-13-6-5-11(9-16-13)12-4-2-3-10-7-8-15-14(10)12/h2-9,15H,1H3. The van der Waals surface area contributed by atoms with Crippen molar-refractivity contribution >= 4 is 10.9 Å². The highest BCUT2D eigenvalue weighted by molar-refractivity contribution is 5.93. The van der Waals surface area contributed by atoms with Crippen LogP contribution in [0.4, 0.5) is 0 Å². The summed E-state index contributed by atoms with van der Waals surface area (Å²) in [6.45, 7) is 0. The number of nitrogens with one attached hydrogen (secondary N) is 1. The van der Waals surface area contributed by atoms with E-state index in [1.807, 2.05) is 24.5 Å². The number of fused-ring (bicyclic) bond motifs is 1. The SMILES string of the molecule is COc1ccc(-c2cccc3cc[nH]c23)cn1. The quantitative estimate of drug-likeness (QED) is 0.725. The van der Waals surface area contributed by atoms with Crippen molar-refractivity contribution in [2.45, 2.75) is 0 Å². The molecular weight excluding hydrogens is 212 g/mol. The number of ether oxygens (including phenoxy) is 1. The molecule has 0 unspecified atom stereocenters. The Labute approximate surface area is 99.1 Å². The zero-order valence-electron chi connectivity index (χ0n) is 9.47. The molecule has 0 spiro atoms. The third-order valence-corrected chi connectivity index (χ3v) is 2.84. The smallest absolute Gasteiger partial charge is 0.212 e. The normalized spacial score (nSPS) is 10.6. The fraction of sp³-hybridized carbons (Fsp3) is 0.0714. The second-order valence-corrected chi connectivity index (χ2v) is 3.84. The summed E-state index contributed by atoms with van der Waals surface area (Å²) >= 11 is 0. The molecular formula is C14H12N2O. The Hall–Kier alpha value is -2.29. The van der Waals surface area contributed by atoms with E-state index in [9.17, 15) is 0 Å². The van der Waals surface area contributed by atoms with E-state index in [1.54, 1.807) is 7.11 Å². The van der Waals surface area contributed by atoms with Gasteiger partial charge in [0, 0.05) is 29.6 Å². The number of nitrogens with zero attached hydrogens (tertiary/aromatic N) is 1. The number of aromatic amines is 1.